The Morgan fingerprint density at radius 1 is 1.02 bits per heavy atom. The van der Waals surface area contributed by atoms with Crippen molar-refractivity contribution in [2.24, 2.45) is 0 Å². The molecule has 6 rings (SSSR count). The van der Waals surface area contributed by atoms with Crippen LogP contribution in [0.15, 0.2) is 79.6 Å². The Morgan fingerprint density at radius 3 is 2.55 bits per heavy atom. The summed E-state index contributed by atoms with van der Waals surface area (Å²) in [6.45, 7) is 7.24. The number of likely N-dealkylation sites (N-methyl/N-ethyl adjacent to an activating group) is 1. The van der Waals surface area contributed by atoms with Crippen LogP contribution < -0.4 is 25.3 Å². The second kappa shape index (κ2) is 14.1. The number of hydrogen-bond donors (Lipinski definition) is 2. The number of carbonyl (C=O) groups is 1. The fourth-order valence-corrected chi connectivity index (χ4v) is 5.95. The molecule has 0 spiro atoms. The average molecular weight is 678 g/mol. The highest BCUT2D eigenvalue weighted by molar-refractivity contribution is 6.02. The van der Waals surface area contributed by atoms with Gasteiger partial charge in [-0.15, -0.1) is 0 Å². The number of piperazine rings is 1. The summed E-state index contributed by atoms with van der Waals surface area (Å²) < 4.78 is 60.1. The van der Waals surface area contributed by atoms with Crippen molar-refractivity contribution >= 4 is 34.6 Å². The van der Waals surface area contributed by atoms with Crippen LogP contribution in [-0.2, 0) is 15.8 Å². The van der Waals surface area contributed by atoms with Gasteiger partial charge in [-0.3, -0.25) is 9.63 Å². The monoisotopic (exact) mass is 677 g/mol. The number of nitrogens with zero attached hydrogens (tertiary/aromatic N) is 5. The van der Waals surface area contributed by atoms with E-state index in [2.05, 4.69) is 44.0 Å². The molecule has 14 heteroatoms. The van der Waals surface area contributed by atoms with Gasteiger partial charge in [0.1, 0.15) is 23.7 Å². The molecular weight excluding hydrogens is 642 g/mol. The van der Waals surface area contributed by atoms with Gasteiger partial charge in [-0.05, 0) is 60.1 Å². The number of anilines is 5. The van der Waals surface area contributed by atoms with Crippen molar-refractivity contribution in [1.29, 1.82) is 0 Å². The van der Waals surface area contributed by atoms with Crippen LogP contribution >= 0.6 is 0 Å². The standard InChI is InChI=1S/C35H35F4N7O3/c1-4-34(47)43-27-18-28(31(48-3)19-30(27)45-11-9-44(2)10-12-45)42-32-20-33(41-21-40-32)46-29(8-13-49-46)23-7-5-6-22(14-23)24-15-25(35(37,38)39)17-26(36)16-24/h4-7,14-21,29H,1,8-13H2,2-3H3,(H,43,47)(H,40,41,42)/t29-/m1/s1. The van der Waals surface area contributed by atoms with Gasteiger partial charge < -0.3 is 25.2 Å². The molecule has 49 heavy (non-hydrogen) atoms. The smallest absolute Gasteiger partial charge is 0.416 e. The van der Waals surface area contributed by atoms with Gasteiger partial charge in [0, 0.05) is 44.7 Å². The summed E-state index contributed by atoms with van der Waals surface area (Å²) in [6, 6.07) is 14.4. The molecule has 3 heterocycles. The molecule has 0 saturated carbocycles. The van der Waals surface area contributed by atoms with Crippen LogP contribution in [0, 0.1) is 5.82 Å². The van der Waals surface area contributed by atoms with Gasteiger partial charge in [0.15, 0.2) is 5.82 Å². The van der Waals surface area contributed by atoms with Crippen molar-refractivity contribution < 1.29 is 31.9 Å². The summed E-state index contributed by atoms with van der Waals surface area (Å²) >= 11 is 0. The molecule has 4 aromatic rings. The summed E-state index contributed by atoms with van der Waals surface area (Å²) in [5.74, 6) is 0.0600. The zero-order chi connectivity index (χ0) is 34.7. The quantitative estimate of drug-likeness (QED) is 0.146. The van der Waals surface area contributed by atoms with Crippen molar-refractivity contribution in [2.75, 3.05) is 67.5 Å². The Labute approximate surface area is 280 Å². The van der Waals surface area contributed by atoms with Crippen molar-refractivity contribution in [3.63, 3.8) is 0 Å². The first-order chi connectivity index (χ1) is 23.5. The predicted octanol–water partition coefficient (Wildman–Crippen LogP) is 6.81. The van der Waals surface area contributed by atoms with Gasteiger partial charge in [0.2, 0.25) is 5.91 Å². The third-order valence-corrected chi connectivity index (χ3v) is 8.48. The molecule has 2 aliphatic rings. The van der Waals surface area contributed by atoms with E-state index in [9.17, 15) is 22.4 Å². The number of hydroxylamine groups is 1. The van der Waals surface area contributed by atoms with Crippen LogP contribution in [0.1, 0.15) is 23.6 Å². The van der Waals surface area contributed by atoms with Gasteiger partial charge in [-0.25, -0.2) is 19.4 Å². The first kappa shape index (κ1) is 33.7. The molecule has 2 aliphatic heterocycles. The van der Waals surface area contributed by atoms with Crippen LogP contribution in [0.2, 0.25) is 0 Å². The van der Waals surface area contributed by atoms with E-state index in [4.69, 9.17) is 9.57 Å². The fourth-order valence-electron chi connectivity index (χ4n) is 5.95. The number of carbonyl (C=O) groups excluding carboxylic acids is 1. The van der Waals surface area contributed by atoms with Gasteiger partial charge in [0.25, 0.3) is 0 Å². The van der Waals surface area contributed by atoms with E-state index in [1.165, 1.54) is 12.4 Å². The van der Waals surface area contributed by atoms with Crippen molar-refractivity contribution in [2.45, 2.75) is 18.6 Å². The van der Waals surface area contributed by atoms with E-state index in [0.29, 0.717) is 53.4 Å². The molecule has 2 fully saturated rings. The van der Waals surface area contributed by atoms with Crippen LogP contribution in [0.4, 0.5) is 46.3 Å². The number of ether oxygens (including phenoxy) is 1. The van der Waals surface area contributed by atoms with Gasteiger partial charge in [-0.2, -0.15) is 13.2 Å². The summed E-state index contributed by atoms with van der Waals surface area (Å²) in [7, 11) is 3.63. The van der Waals surface area contributed by atoms with Crippen molar-refractivity contribution in [3.8, 4) is 16.9 Å². The number of hydrogen-bond acceptors (Lipinski definition) is 9. The maximum Gasteiger partial charge on any atom is 0.416 e. The minimum atomic E-state index is -4.68. The van der Waals surface area contributed by atoms with Gasteiger partial charge in [0.05, 0.1) is 42.4 Å². The summed E-state index contributed by atoms with van der Waals surface area (Å²) in [5, 5.41) is 7.81. The fraction of sp³-hybridized carbons (Fsp3) is 0.286. The van der Waals surface area contributed by atoms with E-state index < -0.39 is 17.6 Å². The Morgan fingerprint density at radius 2 is 1.82 bits per heavy atom. The molecule has 2 saturated heterocycles. The molecule has 1 atom stereocenters. The van der Waals surface area contributed by atoms with Gasteiger partial charge in [-0.1, -0.05) is 24.8 Å². The highest BCUT2D eigenvalue weighted by atomic mass is 19.4. The van der Waals surface area contributed by atoms with E-state index in [1.807, 2.05) is 12.1 Å². The SMILES string of the molecule is C=CC(=O)Nc1cc(Nc2cc(N3OCC[C@@H]3c3cccc(-c4cc(F)cc(C(F)(F)F)c4)c3)ncn2)c(OC)cc1N1CCN(C)CC1. The zero-order valence-electron chi connectivity index (χ0n) is 26.9. The number of amides is 1. The van der Waals surface area contributed by atoms with Crippen LogP contribution in [0.5, 0.6) is 5.75 Å². The summed E-state index contributed by atoms with van der Waals surface area (Å²) in [4.78, 5) is 31.6. The highest BCUT2D eigenvalue weighted by Gasteiger charge is 2.32. The predicted molar refractivity (Wildman–Crippen MR) is 179 cm³/mol. The lowest BCUT2D eigenvalue weighted by molar-refractivity contribution is -0.137. The lowest BCUT2D eigenvalue weighted by Crippen LogP contribution is -2.44. The largest absolute Gasteiger partial charge is 0.494 e. The molecule has 1 aromatic heterocycles. The molecule has 256 valence electrons. The topological polar surface area (TPSA) is 95.1 Å². The average Bonchev–Trinajstić information content (AvgIpc) is 3.59. The third-order valence-electron chi connectivity index (χ3n) is 8.48. The minimum absolute atomic E-state index is 0.115. The number of benzene rings is 3. The third kappa shape index (κ3) is 7.60. The van der Waals surface area contributed by atoms with Crippen LogP contribution in [0.3, 0.4) is 0 Å². The highest BCUT2D eigenvalue weighted by Crippen LogP contribution is 2.41. The number of alkyl halides is 3. The van der Waals surface area contributed by atoms with Gasteiger partial charge >= 0.3 is 6.18 Å². The van der Waals surface area contributed by atoms with E-state index in [-0.39, 0.29) is 17.5 Å². The molecule has 0 radical (unpaired) electrons. The van der Waals surface area contributed by atoms with E-state index in [0.717, 1.165) is 49.6 Å². The Hall–Kier alpha value is -5.21. The molecule has 10 nitrogen and oxygen atoms in total. The van der Waals surface area contributed by atoms with Crippen molar-refractivity contribution in [1.82, 2.24) is 14.9 Å². The lowest BCUT2D eigenvalue weighted by Gasteiger charge is -2.35. The molecule has 0 bridgehead atoms. The Balaban J connectivity index is 1.27. The summed E-state index contributed by atoms with van der Waals surface area (Å²) in [6.07, 6.45) is -1.52. The maximum absolute atomic E-state index is 14.2. The number of halogens is 4. The van der Waals surface area contributed by atoms with Crippen LogP contribution in [-0.4, -0.2) is 67.7 Å². The molecule has 0 aliphatic carbocycles. The number of nitrogens with one attached hydrogen (secondary N) is 2. The maximum atomic E-state index is 14.2. The Bertz CT molecular complexity index is 1850. The second-order valence-corrected chi connectivity index (χ2v) is 11.8. The number of methoxy groups -OCH3 is 1. The van der Waals surface area contributed by atoms with E-state index in [1.54, 1.807) is 42.5 Å². The Kier molecular flexibility index (Phi) is 9.69. The normalized spacial score (nSPS) is 16.8. The number of aromatic nitrogens is 2. The van der Waals surface area contributed by atoms with E-state index >= 15 is 0 Å². The first-order valence-corrected chi connectivity index (χ1v) is 15.6. The first-order valence-electron chi connectivity index (χ1n) is 15.6. The van der Waals surface area contributed by atoms with Crippen molar-refractivity contribution in [3.05, 3.63) is 96.6 Å². The second-order valence-electron chi connectivity index (χ2n) is 11.8. The summed E-state index contributed by atoms with van der Waals surface area (Å²) in [5.41, 5.74) is 2.19. The molecule has 3 aromatic carbocycles. The molecular formula is C35H35F4N7O3. The lowest BCUT2D eigenvalue weighted by atomic mass is 9.97. The zero-order valence-corrected chi connectivity index (χ0v) is 26.9. The minimum Gasteiger partial charge on any atom is -0.494 e. The molecule has 1 amide bonds. The number of rotatable bonds is 9. The molecule has 2 N–H and O–H groups in total. The molecule has 0 unspecified atom stereocenters. The van der Waals surface area contributed by atoms with Crippen LogP contribution in [0.25, 0.3) is 11.1 Å².